The van der Waals surface area contributed by atoms with E-state index in [-0.39, 0.29) is 30.9 Å². The summed E-state index contributed by atoms with van der Waals surface area (Å²) in [5.74, 6) is 0.794. The molecule has 1 aliphatic heterocycles. The van der Waals surface area contributed by atoms with Crippen molar-refractivity contribution in [2.75, 3.05) is 46.0 Å². The summed E-state index contributed by atoms with van der Waals surface area (Å²) >= 11 is 1.71. The second-order valence-corrected chi connectivity index (χ2v) is 10.1. The van der Waals surface area contributed by atoms with Crippen LogP contribution < -0.4 is 4.74 Å². The van der Waals surface area contributed by atoms with Crippen LogP contribution in [-0.2, 0) is 16.0 Å². The molecular weight excluding hydrogens is 455 g/mol. The maximum atomic E-state index is 13.5. The molecule has 1 amide bonds. The van der Waals surface area contributed by atoms with E-state index in [4.69, 9.17) is 9.47 Å². The first-order chi connectivity index (χ1) is 16.4. The molecule has 1 aliphatic rings. The van der Waals surface area contributed by atoms with E-state index in [0.29, 0.717) is 38.0 Å². The summed E-state index contributed by atoms with van der Waals surface area (Å²) in [6.45, 7) is 9.33. The van der Waals surface area contributed by atoms with Crippen molar-refractivity contribution in [3.05, 3.63) is 52.0 Å². The molecule has 1 N–H and O–H groups in total. The minimum atomic E-state index is -0.637. The fourth-order valence-corrected chi connectivity index (χ4v) is 5.07. The molecule has 0 aliphatic carbocycles. The van der Waals surface area contributed by atoms with Gasteiger partial charge in [-0.3, -0.25) is 9.69 Å². The number of halogens is 1. The maximum absolute atomic E-state index is 13.5. The van der Waals surface area contributed by atoms with Crippen molar-refractivity contribution in [2.45, 2.75) is 45.8 Å². The van der Waals surface area contributed by atoms with E-state index in [1.165, 1.54) is 17.0 Å². The van der Waals surface area contributed by atoms with Crippen LogP contribution in [0.15, 0.2) is 35.7 Å². The lowest BCUT2D eigenvalue weighted by atomic mass is 10.00. The molecule has 0 saturated heterocycles. The molecule has 0 radical (unpaired) electrons. The standard InChI is InChI=1S/C26H37FN2O4S/c1-4-32-17-21(30)15-28(12-9-19(2)3)16-26(31)29-13-10-25-23(11-14-34-25)24(29)18-33-22-7-5-20(27)6-8-22/h5-8,11,14,19,21,24,30H,4,9-10,12-13,15-18H2,1-3H3/t21-,24-/m0/s1. The zero-order valence-electron chi connectivity index (χ0n) is 20.4. The number of hydrogen-bond donors (Lipinski definition) is 1. The fourth-order valence-electron chi connectivity index (χ4n) is 4.14. The number of rotatable bonds is 13. The lowest BCUT2D eigenvalue weighted by molar-refractivity contribution is -0.136. The van der Waals surface area contributed by atoms with Crippen LogP contribution in [0.3, 0.4) is 0 Å². The number of ether oxygens (including phenoxy) is 2. The normalized spacial score (nSPS) is 16.7. The van der Waals surface area contributed by atoms with E-state index in [1.807, 2.05) is 16.7 Å². The van der Waals surface area contributed by atoms with Gasteiger partial charge in [0, 0.05) is 24.6 Å². The van der Waals surface area contributed by atoms with Crippen molar-refractivity contribution in [3.63, 3.8) is 0 Å². The number of thiophene rings is 1. The average Bonchev–Trinajstić information content (AvgIpc) is 3.29. The van der Waals surface area contributed by atoms with E-state index >= 15 is 0 Å². The van der Waals surface area contributed by atoms with Crippen LogP contribution in [0.2, 0.25) is 0 Å². The van der Waals surface area contributed by atoms with E-state index in [9.17, 15) is 14.3 Å². The predicted molar refractivity (Wildman–Crippen MR) is 133 cm³/mol. The second-order valence-electron chi connectivity index (χ2n) is 9.15. The van der Waals surface area contributed by atoms with Crippen molar-refractivity contribution in [1.29, 1.82) is 0 Å². The van der Waals surface area contributed by atoms with Gasteiger partial charge in [0.1, 0.15) is 18.2 Å². The summed E-state index contributed by atoms with van der Waals surface area (Å²) < 4.78 is 24.6. The van der Waals surface area contributed by atoms with E-state index in [0.717, 1.165) is 24.9 Å². The van der Waals surface area contributed by atoms with Gasteiger partial charge in [0.2, 0.25) is 5.91 Å². The second kappa shape index (κ2) is 13.2. The zero-order valence-corrected chi connectivity index (χ0v) is 21.2. The monoisotopic (exact) mass is 492 g/mol. The molecule has 0 unspecified atom stereocenters. The van der Waals surface area contributed by atoms with Crippen molar-refractivity contribution >= 4 is 17.2 Å². The number of nitrogens with zero attached hydrogens (tertiary/aromatic N) is 2. The van der Waals surface area contributed by atoms with Crippen LogP contribution in [0.25, 0.3) is 0 Å². The molecule has 6 nitrogen and oxygen atoms in total. The summed E-state index contributed by atoms with van der Waals surface area (Å²) in [7, 11) is 0. The molecule has 2 heterocycles. The fraction of sp³-hybridized carbons (Fsp3) is 0.577. The molecular formula is C26H37FN2O4S. The van der Waals surface area contributed by atoms with Crippen LogP contribution in [0.5, 0.6) is 5.75 Å². The topological polar surface area (TPSA) is 62.2 Å². The van der Waals surface area contributed by atoms with Gasteiger partial charge in [-0.1, -0.05) is 13.8 Å². The Bertz CT molecular complexity index is 889. The number of amides is 1. The van der Waals surface area contributed by atoms with Crippen molar-refractivity contribution in [3.8, 4) is 5.75 Å². The first-order valence-corrected chi connectivity index (χ1v) is 13.0. The number of aliphatic hydroxyl groups excluding tert-OH is 1. The lowest BCUT2D eigenvalue weighted by Crippen LogP contribution is -2.48. The minimum absolute atomic E-state index is 0.0249. The van der Waals surface area contributed by atoms with Crippen molar-refractivity contribution in [2.24, 2.45) is 5.92 Å². The van der Waals surface area contributed by atoms with E-state index in [1.54, 1.807) is 23.5 Å². The first kappa shape index (κ1) is 26.6. The van der Waals surface area contributed by atoms with Gasteiger partial charge in [-0.15, -0.1) is 11.3 Å². The van der Waals surface area contributed by atoms with Gasteiger partial charge in [-0.2, -0.15) is 0 Å². The van der Waals surface area contributed by atoms with E-state index < -0.39 is 6.10 Å². The lowest BCUT2D eigenvalue weighted by Gasteiger charge is -2.37. The molecule has 34 heavy (non-hydrogen) atoms. The summed E-state index contributed by atoms with van der Waals surface area (Å²) in [6.07, 6.45) is 1.13. The summed E-state index contributed by atoms with van der Waals surface area (Å²) in [5, 5.41) is 12.4. The zero-order chi connectivity index (χ0) is 24.5. The molecule has 0 spiro atoms. The third kappa shape index (κ3) is 7.77. The number of hydrogen-bond acceptors (Lipinski definition) is 6. The van der Waals surface area contributed by atoms with Gasteiger partial charge in [0.05, 0.1) is 25.3 Å². The van der Waals surface area contributed by atoms with Crippen LogP contribution in [0.1, 0.15) is 43.7 Å². The summed E-state index contributed by atoms with van der Waals surface area (Å²) in [5.41, 5.74) is 1.12. The van der Waals surface area contributed by atoms with Gasteiger partial charge in [0.15, 0.2) is 0 Å². The molecule has 3 rings (SSSR count). The Labute approximate surface area is 206 Å². The van der Waals surface area contributed by atoms with Crippen LogP contribution in [0.4, 0.5) is 4.39 Å². The largest absolute Gasteiger partial charge is 0.491 e. The van der Waals surface area contributed by atoms with E-state index in [2.05, 4.69) is 25.3 Å². The predicted octanol–water partition coefficient (Wildman–Crippen LogP) is 4.14. The Morgan fingerprint density at radius 3 is 2.76 bits per heavy atom. The molecule has 2 aromatic rings. The number of benzene rings is 1. The van der Waals surface area contributed by atoms with Crippen LogP contribution in [0, 0.1) is 11.7 Å². The highest BCUT2D eigenvalue weighted by atomic mass is 32.1. The van der Waals surface area contributed by atoms with Gasteiger partial charge in [0.25, 0.3) is 0 Å². The Balaban J connectivity index is 1.70. The molecule has 0 fully saturated rings. The van der Waals surface area contributed by atoms with Crippen molar-refractivity contribution in [1.82, 2.24) is 9.80 Å². The van der Waals surface area contributed by atoms with Crippen LogP contribution >= 0.6 is 11.3 Å². The Morgan fingerprint density at radius 2 is 2.06 bits per heavy atom. The quantitative estimate of drug-likeness (QED) is 0.455. The molecule has 8 heteroatoms. The third-order valence-corrected chi connectivity index (χ3v) is 7.00. The Morgan fingerprint density at radius 1 is 1.29 bits per heavy atom. The highest BCUT2D eigenvalue weighted by Gasteiger charge is 2.33. The molecule has 2 atom stereocenters. The smallest absolute Gasteiger partial charge is 0.237 e. The highest BCUT2D eigenvalue weighted by Crippen LogP contribution is 2.34. The Hall–Kier alpha value is -2.00. The molecule has 188 valence electrons. The van der Waals surface area contributed by atoms with Gasteiger partial charge in [-0.25, -0.2) is 4.39 Å². The molecule has 1 aromatic heterocycles. The summed E-state index contributed by atoms with van der Waals surface area (Å²) in [6, 6.07) is 7.82. The maximum Gasteiger partial charge on any atom is 0.237 e. The number of aliphatic hydroxyl groups is 1. The highest BCUT2D eigenvalue weighted by molar-refractivity contribution is 7.10. The minimum Gasteiger partial charge on any atom is -0.491 e. The Kier molecular flexibility index (Phi) is 10.3. The first-order valence-electron chi connectivity index (χ1n) is 12.1. The number of carbonyl (C=O) groups is 1. The van der Waals surface area contributed by atoms with Gasteiger partial charge < -0.3 is 19.5 Å². The van der Waals surface area contributed by atoms with Crippen LogP contribution in [-0.4, -0.2) is 72.9 Å². The van der Waals surface area contributed by atoms with Crippen molar-refractivity contribution < 1.29 is 23.8 Å². The molecule has 1 aromatic carbocycles. The number of carbonyl (C=O) groups excluding carboxylic acids is 1. The van der Waals surface area contributed by atoms with Gasteiger partial charge in [-0.05, 0) is 73.5 Å². The summed E-state index contributed by atoms with van der Waals surface area (Å²) in [4.78, 5) is 18.7. The SMILES string of the molecule is CCOC[C@@H](O)CN(CCC(C)C)CC(=O)N1CCc2sccc2[C@@H]1COc1ccc(F)cc1. The number of fused-ring (bicyclic) bond motifs is 1. The molecule has 0 bridgehead atoms. The van der Waals surface area contributed by atoms with Gasteiger partial charge >= 0.3 is 0 Å². The molecule has 0 saturated carbocycles. The average molecular weight is 493 g/mol. The third-order valence-electron chi connectivity index (χ3n) is 6.00.